The van der Waals surface area contributed by atoms with Gasteiger partial charge in [-0.25, -0.2) is 0 Å². The van der Waals surface area contributed by atoms with E-state index in [1.165, 1.54) is 16.7 Å². The van der Waals surface area contributed by atoms with Crippen molar-refractivity contribution in [3.05, 3.63) is 70.7 Å². The zero-order valence-corrected chi connectivity index (χ0v) is 15.4. The van der Waals surface area contributed by atoms with E-state index in [1.807, 2.05) is 26.1 Å². The molecule has 0 radical (unpaired) electrons. The number of benzene rings is 1. The lowest BCUT2D eigenvalue weighted by atomic mass is 9.83. The van der Waals surface area contributed by atoms with Crippen LogP contribution < -0.4 is 4.57 Å². The van der Waals surface area contributed by atoms with Crippen molar-refractivity contribution < 1.29 is 8.68 Å². The summed E-state index contributed by atoms with van der Waals surface area (Å²) in [4.78, 5) is 4.84. The molecule has 4 rings (SSSR count). The van der Waals surface area contributed by atoms with Crippen LogP contribution in [0.5, 0.6) is 0 Å². The quantitative estimate of drug-likeness (QED) is 0.585. The van der Waals surface area contributed by atoms with Crippen LogP contribution >= 0.6 is 0 Å². The maximum Gasteiger partial charge on any atom is 0.212 e. The zero-order chi connectivity index (χ0) is 20.4. The van der Waals surface area contributed by atoms with Crippen LogP contribution in [0, 0.1) is 20.7 Å². The van der Waals surface area contributed by atoms with Crippen molar-refractivity contribution >= 4 is 0 Å². The van der Waals surface area contributed by atoms with E-state index in [4.69, 9.17) is 9.10 Å². The molecule has 2 nitrogen and oxygen atoms in total. The monoisotopic (exact) mass is 332 g/mol. The third-order valence-corrected chi connectivity index (χ3v) is 5.46. The highest BCUT2D eigenvalue weighted by Gasteiger charge is 2.38. The summed E-state index contributed by atoms with van der Waals surface area (Å²) < 4.78 is 25.3. The Morgan fingerprint density at radius 1 is 1.00 bits per heavy atom. The Labute approximate surface area is 154 Å². The van der Waals surface area contributed by atoms with Gasteiger partial charge in [0.1, 0.15) is 7.05 Å². The molecule has 126 valence electrons. The Morgan fingerprint density at radius 2 is 1.80 bits per heavy atom. The van der Waals surface area contributed by atoms with Crippen molar-refractivity contribution in [3.8, 4) is 22.4 Å². The van der Waals surface area contributed by atoms with E-state index < -0.39 is 6.85 Å². The van der Waals surface area contributed by atoms with Gasteiger partial charge in [-0.2, -0.15) is 4.57 Å². The Bertz CT molecular complexity index is 1110. The van der Waals surface area contributed by atoms with Crippen LogP contribution in [-0.4, -0.2) is 4.98 Å². The Balaban J connectivity index is 1.96. The summed E-state index contributed by atoms with van der Waals surface area (Å²) in [5.74, 6) is 0. The molecule has 1 aromatic carbocycles. The number of hydrogen-bond acceptors (Lipinski definition) is 1. The Kier molecular flexibility index (Phi) is 2.70. The molecule has 0 unspecified atom stereocenters. The van der Waals surface area contributed by atoms with Crippen LogP contribution in [0.25, 0.3) is 22.4 Å². The van der Waals surface area contributed by atoms with E-state index in [-0.39, 0.29) is 5.41 Å². The van der Waals surface area contributed by atoms with Gasteiger partial charge in [0.05, 0.1) is 5.69 Å². The van der Waals surface area contributed by atoms with Gasteiger partial charge >= 0.3 is 0 Å². The maximum absolute atomic E-state index is 7.82. The third-order valence-electron chi connectivity index (χ3n) is 5.46. The summed E-state index contributed by atoms with van der Waals surface area (Å²) in [6.07, 6.45) is 0. The van der Waals surface area contributed by atoms with Crippen LogP contribution in [0.2, 0.25) is 0 Å². The van der Waals surface area contributed by atoms with E-state index in [1.54, 1.807) is 10.6 Å². The van der Waals surface area contributed by atoms with Crippen molar-refractivity contribution in [1.82, 2.24) is 4.98 Å². The second kappa shape index (κ2) is 5.26. The molecule has 0 bridgehead atoms. The fourth-order valence-corrected chi connectivity index (χ4v) is 3.96. The van der Waals surface area contributed by atoms with Gasteiger partial charge in [0, 0.05) is 45.3 Å². The van der Waals surface area contributed by atoms with Gasteiger partial charge in [0.15, 0.2) is 5.69 Å². The number of pyridine rings is 2. The number of rotatable bonds is 1. The number of nitrogens with zero attached hydrogens (tertiary/aromatic N) is 2. The van der Waals surface area contributed by atoms with E-state index >= 15 is 0 Å². The molecule has 2 aromatic heterocycles. The number of aromatic nitrogens is 2. The molecule has 2 heteroatoms. The molecule has 0 fully saturated rings. The number of hydrogen-bond donors (Lipinski definition) is 0. The summed E-state index contributed by atoms with van der Waals surface area (Å²) in [5.41, 5.74) is 9.03. The average Bonchev–Trinajstić information content (AvgIpc) is 2.80. The molecule has 0 N–H and O–H groups in total. The lowest BCUT2D eigenvalue weighted by molar-refractivity contribution is -0.666. The van der Waals surface area contributed by atoms with Crippen LogP contribution in [0.15, 0.2) is 42.5 Å². The highest BCUT2D eigenvalue weighted by Crippen LogP contribution is 2.49. The molecule has 2 heterocycles. The van der Waals surface area contributed by atoms with Gasteiger partial charge in [-0.05, 0) is 48.7 Å². The molecule has 0 atom stereocenters. The molecular formula is C23H25N2+. The minimum Gasteiger partial charge on any atom is -0.257 e. The molecular weight excluding hydrogens is 304 g/mol. The van der Waals surface area contributed by atoms with E-state index in [0.29, 0.717) is 5.69 Å². The lowest BCUT2D eigenvalue weighted by Gasteiger charge is -2.21. The number of aryl methyl sites for hydroxylation is 3. The van der Waals surface area contributed by atoms with E-state index in [9.17, 15) is 0 Å². The summed E-state index contributed by atoms with van der Waals surface area (Å²) in [6, 6.07) is 14.2. The van der Waals surface area contributed by atoms with Crippen molar-refractivity contribution in [1.29, 1.82) is 0 Å². The lowest BCUT2D eigenvalue weighted by Crippen LogP contribution is -2.34. The molecule has 0 aliphatic heterocycles. The Morgan fingerprint density at radius 3 is 2.56 bits per heavy atom. The maximum atomic E-state index is 7.82. The highest BCUT2D eigenvalue weighted by atomic mass is 14.9. The van der Waals surface area contributed by atoms with Crippen LogP contribution in [-0.2, 0) is 12.5 Å². The minimum absolute atomic E-state index is 0.195. The molecule has 25 heavy (non-hydrogen) atoms. The van der Waals surface area contributed by atoms with Gasteiger partial charge in [-0.15, -0.1) is 0 Å². The van der Waals surface area contributed by atoms with E-state index in [0.717, 1.165) is 28.2 Å². The summed E-state index contributed by atoms with van der Waals surface area (Å²) in [6.45, 7) is 6.39. The first-order chi connectivity index (χ1) is 13.0. The molecule has 1 aliphatic carbocycles. The van der Waals surface area contributed by atoms with Crippen molar-refractivity contribution in [3.63, 3.8) is 0 Å². The molecule has 0 saturated carbocycles. The highest BCUT2D eigenvalue weighted by molar-refractivity contribution is 5.83. The summed E-state index contributed by atoms with van der Waals surface area (Å²) in [7, 11) is 1.83. The van der Waals surface area contributed by atoms with Gasteiger partial charge in [-0.3, -0.25) is 4.98 Å². The fraction of sp³-hybridized carbons (Fsp3) is 0.304. The van der Waals surface area contributed by atoms with Gasteiger partial charge in [0.2, 0.25) is 5.69 Å². The molecule has 0 saturated heterocycles. The molecule has 1 aliphatic rings. The molecule has 3 aromatic rings. The minimum atomic E-state index is -2.15. The van der Waals surface area contributed by atoms with E-state index in [2.05, 4.69) is 45.0 Å². The van der Waals surface area contributed by atoms with Crippen LogP contribution in [0.1, 0.15) is 46.2 Å². The first-order valence-electron chi connectivity index (χ1n) is 10.2. The van der Waals surface area contributed by atoms with Gasteiger partial charge in [-0.1, -0.05) is 26.0 Å². The molecule has 0 amide bonds. The van der Waals surface area contributed by atoms with Gasteiger partial charge in [0.25, 0.3) is 0 Å². The predicted octanol–water partition coefficient (Wildman–Crippen LogP) is 4.80. The molecule has 0 spiro atoms. The van der Waals surface area contributed by atoms with Crippen molar-refractivity contribution in [2.24, 2.45) is 7.05 Å². The summed E-state index contributed by atoms with van der Waals surface area (Å²) >= 11 is 0. The van der Waals surface area contributed by atoms with Crippen molar-refractivity contribution in [2.75, 3.05) is 0 Å². The second-order valence-corrected chi connectivity index (χ2v) is 7.54. The topological polar surface area (TPSA) is 16.8 Å². The zero-order valence-electron chi connectivity index (χ0n) is 18.4. The number of fused-ring (bicyclic) bond motifs is 3. The second-order valence-electron chi connectivity index (χ2n) is 7.54. The Hall–Kier alpha value is -2.48. The van der Waals surface area contributed by atoms with Crippen LogP contribution in [0.3, 0.4) is 0 Å². The largest absolute Gasteiger partial charge is 0.257 e. The van der Waals surface area contributed by atoms with Crippen molar-refractivity contribution in [2.45, 2.75) is 40.0 Å². The first kappa shape index (κ1) is 12.8. The fourth-order valence-electron chi connectivity index (χ4n) is 3.96. The average molecular weight is 332 g/mol. The normalized spacial score (nSPS) is 16.6. The SMILES string of the molecule is [2H]C([2H])([2H])c1cccc(-c2cc3c(cc2C)-c2ccc(C)nc2C3(C)C)[n+]1C. The van der Waals surface area contributed by atoms with Crippen LogP contribution in [0.4, 0.5) is 0 Å². The third kappa shape index (κ3) is 2.24. The standard InChI is InChI=1S/C23H25N2/c1-14-12-19-17-11-10-15(2)24-22(17)23(4,5)20(19)13-18(14)21-9-7-8-16(3)25(21)6/h7-13H,1-6H3/q+1/i3D3. The smallest absolute Gasteiger partial charge is 0.212 e. The summed E-state index contributed by atoms with van der Waals surface area (Å²) in [5, 5.41) is 0. The predicted molar refractivity (Wildman–Crippen MR) is 103 cm³/mol. The first-order valence-corrected chi connectivity index (χ1v) is 8.65. The van der Waals surface area contributed by atoms with Gasteiger partial charge < -0.3 is 0 Å².